The summed E-state index contributed by atoms with van der Waals surface area (Å²) in [5.74, 6) is -1.55. The van der Waals surface area contributed by atoms with Crippen molar-refractivity contribution < 1.29 is 71.7 Å². The van der Waals surface area contributed by atoms with Gasteiger partial charge in [-0.3, -0.25) is 24.0 Å². The summed E-state index contributed by atoms with van der Waals surface area (Å²) in [6.07, 6.45) is 0.102. The number of ether oxygens (including phenoxy) is 9. The second-order valence-electron chi connectivity index (χ2n) is 16.4. The largest absolute Gasteiger partial charge is 0.497 e. The van der Waals surface area contributed by atoms with Crippen LogP contribution in [0.15, 0.2) is 78.9 Å². The average Bonchev–Trinajstić information content (AvgIpc) is 3.32. The van der Waals surface area contributed by atoms with Crippen LogP contribution in [-0.4, -0.2) is 127 Å². The molecule has 6 atom stereocenters. The van der Waals surface area contributed by atoms with Crippen LogP contribution in [0.25, 0.3) is 0 Å². The van der Waals surface area contributed by atoms with Crippen LogP contribution in [-0.2, 0) is 62.7 Å². The van der Waals surface area contributed by atoms with E-state index in [0.717, 1.165) is 16.7 Å². The minimum absolute atomic E-state index is 0.00545. The van der Waals surface area contributed by atoms with Gasteiger partial charge in [-0.1, -0.05) is 74.9 Å². The predicted octanol–water partition coefficient (Wildman–Crippen LogP) is 5.44. The van der Waals surface area contributed by atoms with Crippen LogP contribution >= 0.6 is 0 Å². The zero-order chi connectivity index (χ0) is 48.6. The van der Waals surface area contributed by atoms with E-state index in [4.69, 9.17) is 47.7 Å². The normalized spacial score (nSPS) is 18.6. The number of rotatable bonds is 30. The molecule has 2 amide bonds. The number of nitrogens with one attached hydrogen (secondary N) is 2. The molecule has 1 aliphatic rings. The van der Waals surface area contributed by atoms with Crippen molar-refractivity contribution in [2.24, 2.45) is 17.8 Å². The summed E-state index contributed by atoms with van der Waals surface area (Å²) in [5.41, 5.74) is 1.45. The van der Waals surface area contributed by atoms with E-state index < -0.39 is 41.9 Å². The molecule has 0 saturated carbocycles. The Balaban J connectivity index is 1.27. The molecule has 1 heterocycles. The van der Waals surface area contributed by atoms with Crippen molar-refractivity contribution in [2.45, 2.75) is 83.8 Å². The van der Waals surface area contributed by atoms with Crippen molar-refractivity contribution in [3.63, 3.8) is 0 Å². The van der Waals surface area contributed by atoms with E-state index in [2.05, 4.69) is 10.6 Å². The third-order valence-electron chi connectivity index (χ3n) is 11.6. The molecule has 6 unspecified atom stereocenters. The van der Waals surface area contributed by atoms with Gasteiger partial charge in [-0.25, -0.2) is 0 Å². The zero-order valence-electron chi connectivity index (χ0n) is 39.5. The number of hydrogen-bond acceptors (Lipinski definition) is 14. The summed E-state index contributed by atoms with van der Waals surface area (Å²) in [5, 5.41) is 14.9. The van der Waals surface area contributed by atoms with Crippen molar-refractivity contribution >= 4 is 29.7 Å². The molecule has 368 valence electrons. The Morgan fingerprint density at radius 3 is 1.94 bits per heavy atom. The van der Waals surface area contributed by atoms with Gasteiger partial charge >= 0.3 is 17.9 Å². The van der Waals surface area contributed by atoms with Gasteiger partial charge in [0.05, 0.1) is 78.8 Å². The number of amides is 2. The predicted molar refractivity (Wildman–Crippen MR) is 245 cm³/mol. The van der Waals surface area contributed by atoms with Crippen LogP contribution in [0, 0.1) is 17.8 Å². The molecular formula is C50H68N2O15. The SMILES string of the molecule is COc1ccc(C(OCC(CCCCNC(=O)COCCOCCOC2OC(COC(C)=O)C(C)C(C)C2NC(C)=O)COC(=O)CCC(=O)O)(c2ccccc2)c2ccc(OC)cc2)cc1. The molecular weight excluding hydrogens is 869 g/mol. The monoisotopic (exact) mass is 936 g/mol. The molecule has 1 aliphatic heterocycles. The van der Waals surface area contributed by atoms with Crippen LogP contribution < -0.4 is 20.1 Å². The van der Waals surface area contributed by atoms with Gasteiger partial charge in [0, 0.05) is 26.3 Å². The van der Waals surface area contributed by atoms with Crippen LogP contribution in [0.2, 0.25) is 0 Å². The number of methoxy groups -OCH3 is 2. The molecule has 4 rings (SSSR count). The fourth-order valence-corrected chi connectivity index (χ4v) is 7.73. The Morgan fingerprint density at radius 1 is 0.731 bits per heavy atom. The Morgan fingerprint density at radius 2 is 1.34 bits per heavy atom. The number of carbonyl (C=O) groups excluding carboxylic acids is 4. The average molecular weight is 937 g/mol. The van der Waals surface area contributed by atoms with Gasteiger partial charge < -0.3 is 58.4 Å². The summed E-state index contributed by atoms with van der Waals surface area (Å²) in [6.45, 7) is 7.98. The topological polar surface area (TPSA) is 213 Å². The van der Waals surface area contributed by atoms with Gasteiger partial charge in [0.15, 0.2) is 6.29 Å². The van der Waals surface area contributed by atoms with E-state index in [-0.39, 0.29) is 95.3 Å². The zero-order valence-corrected chi connectivity index (χ0v) is 39.5. The first-order valence-corrected chi connectivity index (χ1v) is 22.7. The highest BCUT2D eigenvalue weighted by molar-refractivity contribution is 5.77. The van der Waals surface area contributed by atoms with Gasteiger partial charge in [0.25, 0.3) is 0 Å². The third-order valence-corrected chi connectivity index (χ3v) is 11.6. The van der Waals surface area contributed by atoms with Crippen molar-refractivity contribution in [1.29, 1.82) is 0 Å². The van der Waals surface area contributed by atoms with Crippen molar-refractivity contribution in [3.8, 4) is 11.5 Å². The lowest BCUT2D eigenvalue weighted by molar-refractivity contribution is -0.247. The molecule has 0 bridgehead atoms. The van der Waals surface area contributed by atoms with Crippen LogP contribution in [0.3, 0.4) is 0 Å². The summed E-state index contributed by atoms with van der Waals surface area (Å²) in [6, 6.07) is 24.7. The fraction of sp³-hybridized carbons (Fsp3) is 0.540. The first-order valence-electron chi connectivity index (χ1n) is 22.7. The van der Waals surface area contributed by atoms with Crippen LogP contribution in [0.4, 0.5) is 0 Å². The summed E-state index contributed by atoms with van der Waals surface area (Å²) in [7, 11) is 3.21. The maximum Gasteiger partial charge on any atom is 0.306 e. The molecule has 3 aromatic rings. The Labute approximate surface area is 393 Å². The lowest BCUT2D eigenvalue weighted by Gasteiger charge is -2.44. The van der Waals surface area contributed by atoms with Gasteiger partial charge in [-0.15, -0.1) is 0 Å². The lowest BCUT2D eigenvalue weighted by atomic mass is 9.79. The molecule has 67 heavy (non-hydrogen) atoms. The molecule has 0 aliphatic carbocycles. The molecule has 1 saturated heterocycles. The van der Waals surface area contributed by atoms with E-state index >= 15 is 0 Å². The van der Waals surface area contributed by atoms with E-state index in [9.17, 15) is 24.0 Å². The van der Waals surface area contributed by atoms with Gasteiger partial charge in [0.1, 0.15) is 30.3 Å². The maximum absolute atomic E-state index is 12.6. The number of hydrogen-bond donors (Lipinski definition) is 3. The molecule has 17 heteroatoms. The number of benzene rings is 3. The Kier molecular flexibility index (Phi) is 23.0. The molecule has 0 spiro atoms. The second-order valence-corrected chi connectivity index (χ2v) is 16.4. The standard InChI is InChI=1S/C50H68N2O15/c1-34-35(2)48(52-36(3)53)49(67-44(34)32-64-37(4)54)63-29-28-61-26-27-62-33-45(55)51-25-11-10-12-38(30-65-47(58)24-23-46(56)57)31-66-50(39-13-8-7-9-14-39,40-15-19-42(59-5)20-16-40)41-17-21-43(60-6)22-18-41/h7-9,13-22,34-35,38,44,48-49H,10-12,23-33H2,1-6H3,(H,51,55)(H,52,53)(H,56,57). The number of esters is 2. The Hall–Kier alpha value is -5.59. The third kappa shape index (κ3) is 17.5. The van der Waals surface area contributed by atoms with Gasteiger partial charge in [0.2, 0.25) is 11.8 Å². The summed E-state index contributed by atoms with van der Waals surface area (Å²) >= 11 is 0. The first kappa shape index (κ1) is 54.0. The minimum Gasteiger partial charge on any atom is -0.497 e. The second kappa shape index (κ2) is 28.6. The number of unbranched alkanes of at least 4 members (excludes halogenated alkanes) is 1. The Bertz CT molecular complexity index is 1910. The van der Waals surface area contributed by atoms with Gasteiger partial charge in [-0.2, -0.15) is 0 Å². The van der Waals surface area contributed by atoms with Crippen LogP contribution in [0.1, 0.15) is 76.5 Å². The maximum atomic E-state index is 12.6. The van der Waals surface area contributed by atoms with Crippen molar-refractivity contribution in [2.75, 3.05) is 73.6 Å². The van der Waals surface area contributed by atoms with Gasteiger partial charge in [-0.05, 0) is 65.6 Å². The van der Waals surface area contributed by atoms with E-state index in [1.165, 1.54) is 13.8 Å². The number of carbonyl (C=O) groups is 5. The highest BCUT2D eigenvalue weighted by Gasteiger charge is 2.43. The first-order chi connectivity index (χ1) is 32.3. The molecule has 1 fully saturated rings. The molecule has 0 aromatic heterocycles. The van der Waals surface area contributed by atoms with Crippen molar-refractivity contribution in [1.82, 2.24) is 10.6 Å². The minimum atomic E-state index is -1.10. The number of carboxylic acid groups (broad SMARTS) is 1. The van der Waals surface area contributed by atoms with E-state index in [0.29, 0.717) is 37.3 Å². The number of aliphatic carboxylic acids is 1. The smallest absolute Gasteiger partial charge is 0.306 e. The van der Waals surface area contributed by atoms with E-state index in [1.54, 1.807) is 14.2 Å². The van der Waals surface area contributed by atoms with E-state index in [1.807, 2.05) is 92.7 Å². The lowest BCUT2D eigenvalue weighted by Crippen LogP contribution is -2.58. The summed E-state index contributed by atoms with van der Waals surface area (Å²) < 4.78 is 52.0. The van der Waals surface area contributed by atoms with Crippen molar-refractivity contribution in [3.05, 3.63) is 95.6 Å². The summed E-state index contributed by atoms with van der Waals surface area (Å²) in [4.78, 5) is 59.6. The van der Waals surface area contributed by atoms with Crippen LogP contribution in [0.5, 0.6) is 11.5 Å². The fourth-order valence-electron chi connectivity index (χ4n) is 7.73. The highest BCUT2D eigenvalue weighted by Crippen LogP contribution is 2.42. The molecule has 17 nitrogen and oxygen atoms in total. The highest BCUT2D eigenvalue weighted by atomic mass is 16.7. The quantitative estimate of drug-likeness (QED) is 0.0432. The molecule has 0 radical (unpaired) electrons. The number of carboxylic acids is 1. The molecule has 3 N–H and O–H groups in total. The molecule has 3 aromatic carbocycles.